The van der Waals surface area contributed by atoms with Gasteiger partial charge in [0, 0.05) is 0 Å². The molecule has 0 aliphatic rings. The Morgan fingerprint density at radius 1 is 0.588 bits per heavy atom. The van der Waals surface area contributed by atoms with Crippen molar-refractivity contribution in [3.63, 3.8) is 0 Å². The van der Waals surface area contributed by atoms with Gasteiger partial charge in [-0.05, 0) is 0 Å². The van der Waals surface area contributed by atoms with Gasteiger partial charge in [0.25, 0.3) is 0 Å². The van der Waals surface area contributed by atoms with Crippen molar-refractivity contribution >= 4 is 0 Å². The SMILES string of the molecule is O.O.O.O.O.O.O=[N+]([O-])[O-].O=[N+]([O-])[O-].[O]=[U+2]=[O]. The average molecular weight is 502 g/mol. The van der Waals surface area contributed by atoms with E-state index in [1.807, 2.05) is 0 Å². The van der Waals surface area contributed by atoms with E-state index in [1.165, 1.54) is 0 Å². The van der Waals surface area contributed by atoms with Crippen molar-refractivity contribution in [2.24, 2.45) is 0 Å². The number of hydrogen-bond acceptors (Lipinski definition) is 8. The molecular formula is H12N2O14U. The van der Waals surface area contributed by atoms with Gasteiger partial charge in [-0.3, -0.25) is 0 Å². The van der Waals surface area contributed by atoms with Crippen LogP contribution in [0.2, 0.25) is 0 Å². The number of hydrogen-bond donors (Lipinski definition) is 0. The van der Waals surface area contributed by atoms with Crippen LogP contribution in [-0.2, 0) is 4.47 Å². The quantitative estimate of drug-likeness (QED) is 0.226. The third-order valence-electron chi connectivity index (χ3n) is 0. The van der Waals surface area contributed by atoms with Crippen LogP contribution < -0.4 is 0 Å². The minimum atomic E-state index is -2.51. The van der Waals surface area contributed by atoms with Gasteiger partial charge in [-0.25, -0.2) is 0 Å². The molecule has 0 radical (unpaired) electrons. The van der Waals surface area contributed by atoms with Crippen LogP contribution in [0.15, 0.2) is 0 Å². The molecule has 16 nitrogen and oxygen atoms in total. The molecule has 12 N–H and O–H groups in total. The Balaban J connectivity index is -0.00000000691. The fraction of sp³-hybridized carbons (Fsp3) is 0. The first kappa shape index (κ1) is 74.8. The van der Waals surface area contributed by atoms with E-state index in [4.69, 9.17) is 35.1 Å². The predicted molar refractivity (Wildman–Crippen MR) is 43.8 cm³/mol. The summed E-state index contributed by atoms with van der Waals surface area (Å²) in [7, 11) is 0. The Morgan fingerprint density at radius 3 is 0.588 bits per heavy atom. The van der Waals surface area contributed by atoms with Gasteiger partial charge in [-0.2, -0.15) is 0 Å². The van der Waals surface area contributed by atoms with Gasteiger partial charge < -0.3 is 63.5 Å². The first-order chi connectivity index (χ1) is 4.88. The second kappa shape index (κ2) is 83.7. The molecule has 0 fully saturated rings. The van der Waals surface area contributed by atoms with Gasteiger partial charge in [0.05, 0.1) is 10.2 Å². The molecule has 0 saturated heterocycles. The molecule has 0 amide bonds. The van der Waals surface area contributed by atoms with Crippen LogP contribution in [0.1, 0.15) is 0 Å². The van der Waals surface area contributed by atoms with Crippen LogP contribution in [0.25, 0.3) is 0 Å². The molecule has 0 aliphatic heterocycles. The van der Waals surface area contributed by atoms with E-state index in [0.29, 0.717) is 0 Å². The van der Waals surface area contributed by atoms with Gasteiger partial charge in [0.15, 0.2) is 0 Å². The molecule has 0 aromatic rings. The number of nitrogens with zero attached hydrogens (tertiary/aromatic N) is 2. The van der Waals surface area contributed by atoms with E-state index < -0.39 is 38.0 Å². The van der Waals surface area contributed by atoms with Crippen molar-refractivity contribution in [3.8, 4) is 0 Å². The molecule has 0 aliphatic carbocycles. The minimum absolute atomic E-state index is 0. The maximum atomic E-state index is 8.58. The third-order valence-corrected chi connectivity index (χ3v) is 0. The Kier molecular flexibility index (Phi) is 368. The monoisotopic (exact) mass is 502 g/mol. The second-order valence-corrected chi connectivity index (χ2v) is 1.22. The van der Waals surface area contributed by atoms with Crippen LogP contribution in [0.5, 0.6) is 0 Å². The Morgan fingerprint density at radius 2 is 0.588 bits per heavy atom. The van der Waals surface area contributed by atoms with E-state index in [2.05, 4.69) is 0 Å². The van der Waals surface area contributed by atoms with Crippen molar-refractivity contribution in [2.45, 2.75) is 0 Å². The summed E-state index contributed by atoms with van der Waals surface area (Å²) in [6.45, 7) is 0. The average Bonchev–Trinajstić information content (AvgIpc) is 1.60. The van der Waals surface area contributed by atoms with Gasteiger partial charge in [-0.1, -0.05) is 0 Å². The summed E-state index contributed by atoms with van der Waals surface area (Å²) in [5.74, 6) is 0. The molecule has 0 aromatic carbocycles. The zero-order valence-electron chi connectivity index (χ0n) is 7.66. The first-order valence-electron chi connectivity index (χ1n) is 1.50. The predicted octanol–water partition coefficient (Wildman–Crippen LogP) is -5.66. The van der Waals surface area contributed by atoms with Crippen LogP contribution in [0.3, 0.4) is 0 Å². The molecule has 0 unspecified atom stereocenters. The summed E-state index contributed by atoms with van der Waals surface area (Å²) >= 11 is -2.51. The Bertz CT molecular complexity index is 126. The second-order valence-electron chi connectivity index (χ2n) is 0.531. The van der Waals surface area contributed by atoms with E-state index in [0.717, 1.165) is 0 Å². The van der Waals surface area contributed by atoms with Gasteiger partial charge in [0.2, 0.25) is 0 Å². The zero-order chi connectivity index (χ0) is 9.86. The van der Waals surface area contributed by atoms with E-state index >= 15 is 0 Å². The molecule has 17 heavy (non-hydrogen) atoms. The summed E-state index contributed by atoms with van der Waals surface area (Å²) in [5, 5.41) is 29.5. The molecule has 0 atom stereocenters. The summed E-state index contributed by atoms with van der Waals surface area (Å²) in [6.07, 6.45) is 0. The van der Waals surface area contributed by atoms with E-state index in [1.54, 1.807) is 0 Å². The first-order valence-corrected chi connectivity index (χ1v) is 4.90. The Hall–Kier alpha value is -1.19. The van der Waals surface area contributed by atoms with Gasteiger partial charge in [-0.15, -0.1) is 0 Å². The molecule has 0 aromatic heterocycles. The fourth-order valence-corrected chi connectivity index (χ4v) is 0. The van der Waals surface area contributed by atoms with Crippen LogP contribution in [0, 0.1) is 58.5 Å². The van der Waals surface area contributed by atoms with Crippen molar-refractivity contribution in [2.75, 3.05) is 0 Å². The van der Waals surface area contributed by atoms with Crippen molar-refractivity contribution in [1.82, 2.24) is 0 Å². The van der Waals surface area contributed by atoms with E-state index in [-0.39, 0.29) is 32.9 Å². The van der Waals surface area contributed by atoms with Gasteiger partial charge in [0.1, 0.15) is 0 Å². The van der Waals surface area contributed by atoms with Crippen LogP contribution >= 0.6 is 0 Å². The molecule has 0 spiro atoms. The molecular weight excluding hydrogens is 490 g/mol. The van der Waals surface area contributed by atoms with Crippen molar-refractivity contribution < 1.29 is 75.3 Å². The fourth-order valence-electron chi connectivity index (χ4n) is 0. The number of rotatable bonds is 0. The van der Waals surface area contributed by atoms with Crippen molar-refractivity contribution in [1.29, 1.82) is 0 Å². The van der Waals surface area contributed by atoms with Gasteiger partial charge >= 0.3 is 32.3 Å². The Labute approximate surface area is 106 Å². The maximum absolute atomic E-state index is 8.58. The summed E-state index contributed by atoms with van der Waals surface area (Å²) < 4.78 is 17.2. The van der Waals surface area contributed by atoms with Crippen molar-refractivity contribution in [3.05, 3.63) is 30.6 Å². The molecule has 0 saturated carbocycles. The van der Waals surface area contributed by atoms with Crippen LogP contribution in [0.4, 0.5) is 0 Å². The molecule has 0 bridgehead atoms. The molecule has 17 heteroatoms. The summed E-state index contributed by atoms with van der Waals surface area (Å²) in [4.78, 5) is 16.5. The standard InChI is InChI=1S/2NO3.6H2O.2O.U/c2*2-1(3)4;;;;;;;;;/h;;6*1H2;;;/q2*-1;;;;;;;;;+2. The van der Waals surface area contributed by atoms with E-state index in [9.17, 15) is 0 Å². The molecule has 110 valence electrons. The van der Waals surface area contributed by atoms with Crippen LogP contribution in [-0.4, -0.2) is 43.0 Å². The summed E-state index contributed by atoms with van der Waals surface area (Å²) in [5.41, 5.74) is 0. The third kappa shape index (κ3) is 1720. The molecule has 0 rings (SSSR count). The summed E-state index contributed by atoms with van der Waals surface area (Å²) in [6, 6.07) is 0. The normalized spacial score (nSPS) is 3.29. The zero-order valence-corrected chi connectivity index (χ0v) is 11.8. The molecule has 0 heterocycles. The topological polar surface area (TPSA) is 356 Å².